The number of aromatic nitrogens is 2. The summed E-state index contributed by atoms with van der Waals surface area (Å²) in [5, 5.41) is 6.88. The molecule has 2 heterocycles. The minimum atomic E-state index is -4.56. The second-order valence-corrected chi connectivity index (χ2v) is 9.02. The third kappa shape index (κ3) is 6.37. The summed E-state index contributed by atoms with van der Waals surface area (Å²) in [6.07, 6.45) is -0.727. The Kier molecular flexibility index (Phi) is 8.27. The van der Waals surface area contributed by atoms with Crippen molar-refractivity contribution in [2.45, 2.75) is 32.4 Å². The molecule has 196 valence electrons. The van der Waals surface area contributed by atoms with Crippen molar-refractivity contribution in [1.82, 2.24) is 19.6 Å². The Morgan fingerprint density at radius 3 is 2.43 bits per heavy atom. The molecule has 2 amide bonds. The molecule has 3 aromatic rings. The number of hydrogen-bond acceptors (Lipinski definition) is 4. The fourth-order valence-corrected chi connectivity index (χ4v) is 4.56. The van der Waals surface area contributed by atoms with E-state index in [4.69, 9.17) is 0 Å². The smallest absolute Gasteiger partial charge is 0.337 e. The van der Waals surface area contributed by atoms with Gasteiger partial charge in [-0.1, -0.05) is 43.7 Å². The normalized spacial score (nSPS) is 14.9. The Bertz CT molecular complexity index is 1230. The topological polar surface area (TPSA) is 70.5 Å². The first-order chi connectivity index (χ1) is 17.8. The largest absolute Gasteiger partial charge is 0.418 e. The first-order valence-electron chi connectivity index (χ1n) is 12.4. The van der Waals surface area contributed by atoms with Crippen molar-refractivity contribution < 1.29 is 22.8 Å². The van der Waals surface area contributed by atoms with Crippen LogP contribution in [0, 0.1) is 0 Å². The van der Waals surface area contributed by atoms with E-state index in [1.54, 1.807) is 11.1 Å². The highest BCUT2D eigenvalue weighted by molar-refractivity contribution is 5.95. The second-order valence-electron chi connectivity index (χ2n) is 9.02. The van der Waals surface area contributed by atoms with Gasteiger partial charge >= 0.3 is 6.18 Å². The number of benzene rings is 2. The molecule has 0 spiro atoms. The summed E-state index contributed by atoms with van der Waals surface area (Å²) < 4.78 is 41.5. The number of alkyl halides is 3. The third-order valence-corrected chi connectivity index (χ3v) is 6.34. The molecule has 10 heteroatoms. The van der Waals surface area contributed by atoms with E-state index in [0.717, 1.165) is 23.9 Å². The maximum atomic E-state index is 13.5. The zero-order chi connectivity index (χ0) is 26.4. The Hall–Kier alpha value is -3.66. The Balaban J connectivity index is 1.40. The molecule has 1 aliphatic rings. The molecule has 2 aromatic carbocycles. The molecule has 4 rings (SSSR count). The number of nitrogens with zero attached hydrogens (tertiary/aromatic N) is 4. The van der Waals surface area contributed by atoms with Crippen LogP contribution in [0.5, 0.6) is 0 Å². The standard InChI is InChI=1S/C27H30F3N5O2/c1-2-9-24-21(18-31-35(24)20-10-4-3-5-11-20)26(37)34-15-8-14-33(16-17-34)19-25(36)32-23-13-7-6-12-22(23)27(28,29)30/h3-7,10-13,18H,2,8-9,14-17,19H2,1H3,(H,32,36). The number of rotatable bonds is 7. The van der Waals surface area contributed by atoms with E-state index in [2.05, 4.69) is 17.3 Å². The van der Waals surface area contributed by atoms with E-state index in [1.807, 2.05) is 39.9 Å². The summed E-state index contributed by atoms with van der Waals surface area (Å²) in [5.74, 6) is -0.623. The first kappa shape index (κ1) is 26.4. The van der Waals surface area contributed by atoms with Gasteiger partial charge in [-0.15, -0.1) is 0 Å². The van der Waals surface area contributed by atoms with Crippen LogP contribution in [-0.2, 0) is 17.4 Å². The van der Waals surface area contributed by atoms with Crippen LogP contribution in [0.4, 0.5) is 18.9 Å². The van der Waals surface area contributed by atoms with Gasteiger partial charge in [-0.2, -0.15) is 18.3 Å². The van der Waals surface area contributed by atoms with Gasteiger partial charge in [0.2, 0.25) is 5.91 Å². The van der Waals surface area contributed by atoms with Crippen molar-refractivity contribution in [1.29, 1.82) is 0 Å². The molecule has 0 unspecified atom stereocenters. The van der Waals surface area contributed by atoms with Crippen LogP contribution in [-0.4, -0.2) is 64.1 Å². The molecule has 0 aliphatic carbocycles. The molecule has 0 saturated carbocycles. The van der Waals surface area contributed by atoms with Gasteiger partial charge in [0.15, 0.2) is 0 Å². The summed E-state index contributed by atoms with van der Waals surface area (Å²) in [5.41, 5.74) is 1.19. The summed E-state index contributed by atoms with van der Waals surface area (Å²) in [4.78, 5) is 29.6. The Morgan fingerprint density at radius 2 is 1.70 bits per heavy atom. The van der Waals surface area contributed by atoms with Crippen LogP contribution >= 0.6 is 0 Å². The molecule has 0 bridgehead atoms. The highest BCUT2D eigenvalue weighted by Crippen LogP contribution is 2.34. The second kappa shape index (κ2) is 11.6. The van der Waals surface area contributed by atoms with Crippen molar-refractivity contribution >= 4 is 17.5 Å². The number of carbonyl (C=O) groups is 2. The number of amides is 2. The minimum absolute atomic E-state index is 0.0543. The van der Waals surface area contributed by atoms with Crippen molar-refractivity contribution in [3.63, 3.8) is 0 Å². The lowest BCUT2D eigenvalue weighted by molar-refractivity contribution is -0.137. The SMILES string of the molecule is CCCc1c(C(=O)N2CCCN(CC(=O)Nc3ccccc3C(F)(F)F)CC2)cnn1-c1ccccc1. The van der Waals surface area contributed by atoms with Gasteiger partial charge in [0.25, 0.3) is 5.91 Å². The molecule has 1 aliphatic heterocycles. The van der Waals surface area contributed by atoms with Crippen molar-refractivity contribution in [3.05, 3.63) is 77.6 Å². The van der Waals surface area contributed by atoms with Crippen LogP contribution in [0.2, 0.25) is 0 Å². The molecule has 37 heavy (non-hydrogen) atoms. The fraction of sp³-hybridized carbons (Fsp3) is 0.370. The van der Waals surface area contributed by atoms with Gasteiger partial charge in [-0.3, -0.25) is 14.5 Å². The number of anilines is 1. The minimum Gasteiger partial charge on any atom is -0.337 e. The molecule has 1 fully saturated rings. The average molecular weight is 514 g/mol. The zero-order valence-corrected chi connectivity index (χ0v) is 20.7. The van der Waals surface area contributed by atoms with Crippen LogP contribution in [0.1, 0.15) is 41.4 Å². The molecule has 1 aromatic heterocycles. The molecule has 0 atom stereocenters. The molecule has 1 N–H and O–H groups in total. The molecular formula is C27H30F3N5O2. The third-order valence-electron chi connectivity index (χ3n) is 6.34. The predicted octanol–water partition coefficient (Wildman–Crippen LogP) is 4.63. The zero-order valence-electron chi connectivity index (χ0n) is 20.7. The number of nitrogens with one attached hydrogen (secondary N) is 1. The van der Waals surface area contributed by atoms with E-state index in [-0.39, 0.29) is 18.1 Å². The lowest BCUT2D eigenvalue weighted by atomic mass is 10.1. The summed E-state index contributed by atoms with van der Waals surface area (Å²) in [7, 11) is 0. The summed E-state index contributed by atoms with van der Waals surface area (Å²) in [6.45, 7) is 3.93. The molecule has 7 nitrogen and oxygen atoms in total. The van der Waals surface area contributed by atoms with E-state index in [1.165, 1.54) is 18.2 Å². The van der Waals surface area contributed by atoms with Crippen molar-refractivity contribution in [2.24, 2.45) is 0 Å². The average Bonchev–Trinajstić information content (AvgIpc) is 3.15. The molecule has 1 saturated heterocycles. The van der Waals surface area contributed by atoms with Crippen LogP contribution in [0.3, 0.4) is 0 Å². The first-order valence-corrected chi connectivity index (χ1v) is 12.4. The van der Waals surface area contributed by atoms with Crippen LogP contribution < -0.4 is 5.32 Å². The maximum Gasteiger partial charge on any atom is 0.418 e. The van der Waals surface area contributed by atoms with Gasteiger partial charge in [0, 0.05) is 26.2 Å². The van der Waals surface area contributed by atoms with Crippen molar-refractivity contribution in [3.8, 4) is 5.69 Å². The summed E-state index contributed by atoms with van der Waals surface area (Å²) in [6, 6.07) is 14.6. The predicted molar refractivity (Wildman–Crippen MR) is 135 cm³/mol. The van der Waals surface area contributed by atoms with Gasteiger partial charge < -0.3 is 10.2 Å². The van der Waals surface area contributed by atoms with Gasteiger partial charge in [0.1, 0.15) is 0 Å². The highest BCUT2D eigenvalue weighted by Gasteiger charge is 2.33. The lowest BCUT2D eigenvalue weighted by Crippen LogP contribution is -2.38. The number of para-hydroxylation sites is 2. The number of carbonyl (C=O) groups excluding carboxylic acids is 2. The Morgan fingerprint density at radius 1 is 0.973 bits per heavy atom. The van der Waals surface area contributed by atoms with Gasteiger partial charge in [-0.05, 0) is 37.1 Å². The van der Waals surface area contributed by atoms with E-state index < -0.39 is 17.6 Å². The monoisotopic (exact) mass is 513 g/mol. The quantitative estimate of drug-likeness (QED) is 0.500. The van der Waals surface area contributed by atoms with E-state index in [9.17, 15) is 22.8 Å². The van der Waals surface area contributed by atoms with E-state index >= 15 is 0 Å². The number of hydrogen-bond donors (Lipinski definition) is 1. The van der Waals surface area contributed by atoms with Crippen LogP contribution in [0.25, 0.3) is 5.69 Å². The van der Waals surface area contributed by atoms with Gasteiger partial charge in [0.05, 0.1) is 40.9 Å². The van der Waals surface area contributed by atoms with Crippen LogP contribution in [0.15, 0.2) is 60.8 Å². The van der Waals surface area contributed by atoms with E-state index in [0.29, 0.717) is 44.6 Å². The number of halogens is 3. The van der Waals surface area contributed by atoms with Crippen molar-refractivity contribution in [2.75, 3.05) is 38.0 Å². The lowest BCUT2D eigenvalue weighted by Gasteiger charge is -2.22. The highest BCUT2D eigenvalue weighted by atomic mass is 19.4. The molecular weight excluding hydrogens is 483 g/mol. The Labute approximate surface area is 213 Å². The fourth-order valence-electron chi connectivity index (χ4n) is 4.56. The summed E-state index contributed by atoms with van der Waals surface area (Å²) >= 11 is 0. The maximum absolute atomic E-state index is 13.5. The van der Waals surface area contributed by atoms with Gasteiger partial charge in [-0.25, -0.2) is 4.68 Å². The molecule has 0 radical (unpaired) electrons.